The first-order valence-corrected chi connectivity index (χ1v) is 14.3. The zero-order chi connectivity index (χ0) is 30.2. The van der Waals surface area contributed by atoms with Gasteiger partial charge in [0, 0.05) is 43.4 Å². The van der Waals surface area contributed by atoms with Crippen molar-refractivity contribution >= 4 is 22.7 Å². The Bertz CT molecular complexity index is 1910. The van der Waals surface area contributed by atoms with Crippen LogP contribution in [0.15, 0.2) is 59.8 Å². The molecule has 5 aromatic rings. The molecule has 11 heteroatoms. The van der Waals surface area contributed by atoms with E-state index in [1.807, 2.05) is 33.2 Å². The third-order valence-corrected chi connectivity index (χ3v) is 7.45. The molecule has 1 aliphatic rings. The van der Waals surface area contributed by atoms with Crippen molar-refractivity contribution in [1.29, 1.82) is 0 Å². The molecule has 0 bridgehead atoms. The average Bonchev–Trinajstić information content (AvgIpc) is 3.73. The highest BCUT2D eigenvalue weighted by atomic mass is 19.1. The van der Waals surface area contributed by atoms with Crippen LogP contribution in [0.25, 0.3) is 27.8 Å². The van der Waals surface area contributed by atoms with Gasteiger partial charge in [0.05, 0.1) is 17.3 Å². The molecule has 0 aliphatic heterocycles. The maximum Gasteiger partial charge on any atom is 0.306 e. The number of benzene rings is 2. The molecule has 3 heterocycles. The largest absolute Gasteiger partial charge is 0.461 e. The molecule has 10 nitrogen and oxygen atoms in total. The Morgan fingerprint density at radius 3 is 2.70 bits per heavy atom. The number of aryl methyl sites for hydroxylation is 1. The van der Waals surface area contributed by atoms with Gasteiger partial charge in [-0.15, -0.1) is 0 Å². The number of carbonyl (C=O) groups is 1. The minimum absolute atomic E-state index is 0.00298. The number of esters is 1. The third-order valence-electron chi connectivity index (χ3n) is 7.45. The molecule has 0 atom stereocenters. The Morgan fingerprint density at radius 1 is 1.16 bits per heavy atom. The predicted molar refractivity (Wildman–Crippen MR) is 160 cm³/mol. The number of halogens is 1. The lowest BCUT2D eigenvalue weighted by molar-refractivity contribution is -0.145. The van der Waals surface area contributed by atoms with E-state index in [-0.39, 0.29) is 42.1 Å². The summed E-state index contributed by atoms with van der Waals surface area (Å²) >= 11 is 0. The molecule has 0 saturated heterocycles. The second kappa shape index (κ2) is 11.4. The number of rotatable bonds is 9. The highest BCUT2D eigenvalue weighted by Gasteiger charge is 2.26. The monoisotopic (exact) mass is 581 g/mol. The van der Waals surface area contributed by atoms with Gasteiger partial charge >= 0.3 is 5.97 Å². The molecule has 6 rings (SSSR count). The molecule has 220 valence electrons. The van der Waals surface area contributed by atoms with Gasteiger partial charge in [-0.1, -0.05) is 32.0 Å². The molecular formula is C32H32FN7O3. The normalized spacial score (nSPS) is 13.1. The lowest BCUT2D eigenvalue weighted by atomic mass is 10.0. The second-order valence-corrected chi connectivity index (χ2v) is 11.4. The van der Waals surface area contributed by atoms with Gasteiger partial charge in [0.25, 0.3) is 5.56 Å². The van der Waals surface area contributed by atoms with Crippen LogP contribution in [0.2, 0.25) is 0 Å². The van der Waals surface area contributed by atoms with E-state index in [1.54, 1.807) is 41.3 Å². The molecular weight excluding hydrogens is 549 g/mol. The molecule has 0 unspecified atom stereocenters. The van der Waals surface area contributed by atoms with E-state index in [0.717, 1.165) is 24.0 Å². The summed E-state index contributed by atoms with van der Waals surface area (Å²) in [6.07, 6.45) is 7.86. The van der Waals surface area contributed by atoms with E-state index in [4.69, 9.17) is 10.5 Å². The molecule has 0 radical (unpaired) electrons. The number of nitrogen functional groups attached to an aromatic ring is 1. The van der Waals surface area contributed by atoms with Gasteiger partial charge in [-0.05, 0) is 59.4 Å². The zero-order valence-electron chi connectivity index (χ0n) is 24.2. The van der Waals surface area contributed by atoms with Crippen molar-refractivity contribution < 1.29 is 13.9 Å². The van der Waals surface area contributed by atoms with Gasteiger partial charge in [0.1, 0.15) is 18.2 Å². The summed E-state index contributed by atoms with van der Waals surface area (Å²) in [5.41, 5.74) is 8.80. The van der Waals surface area contributed by atoms with E-state index < -0.39 is 11.4 Å². The first-order chi connectivity index (χ1) is 20.7. The fourth-order valence-corrected chi connectivity index (χ4v) is 5.28. The summed E-state index contributed by atoms with van der Waals surface area (Å²) in [6, 6.07) is 10.3. The summed E-state index contributed by atoms with van der Waals surface area (Å²) in [4.78, 5) is 39.8. The molecule has 1 saturated carbocycles. The molecule has 43 heavy (non-hydrogen) atoms. The Balaban J connectivity index is 1.47. The second-order valence-electron chi connectivity index (χ2n) is 11.4. The highest BCUT2D eigenvalue weighted by molar-refractivity contribution is 5.83. The first kappa shape index (κ1) is 28.2. The molecule has 0 amide bonds. The van der Waals surface area contributed by atoms with Crippen LogP contribution in [0.4, 0.5) is 10.3 Å². The number of pyridine rings is 1. The lowest BCUT2D eigenvalue weighted by Crippen LogP contribution is -2.21. The van der Waals surface area contributed by atoms with Gasteiger partial charge in [-0.2, -0.15) is 15.1 Å². The topological polar surface area (TPSA) is 131 Å². The fourth-order valence-electron chi connectivity index (χ4n) is 5.28. The molecule has 2 aromatic carbocycles. The maximum atomic E-state index is 15.4. The zero-order valence-corrected chi connectivity index (χ0v) is 24.2. The summed E-state index contributed by atoms with van der Waals surface area (Å²) in [5.74, 6) is 0.233. The van der Waals surface area contributed by atoms with Crippen LogP contribution < -0.4 is 11.3 Å². The Morgan fingerprint density at radius 2 is 1.98 bits per heavy atom. The van der Waals surface area contributed by atoms with Gasteiger partial charge < -0.3 is 10.5 Å². The summed E-state index contributed by atoms with van der Waals surface area (Å²) in [7, 11) is 1.82. The predicted octanol–water partition coefficient (Wildman–Crippen LogP) is 4.86. The van der Waals surface area contributed by atoms with Crippen molar-refractivity contribution in [2.75, 3.05) is 5.73 Å². The number of nitrogens with zero attached hydrogens (tertiary/aromatic N) is 6. The standard InChI is InChI=1S/C32H32FN7O3/c1-18(2)11-28(41)43-17-24-23(30-36-27(37-32(34)38-30)12-19-15-35-39(3)16-19)5-4-6-26(24)40-10-9-21-13-22(20-7-8-20)14-25(33)29(21)31(40)42/h4-6,9-10,13-16,18,20H,7-8,11-12,17H2,1-3H3,(H2,34,36,37,38). The van der Waals surface area contributed by atoms with Crippen molar-refractivity contribution in [1.82, 2.24) is 29.3 Å². The van der Waals surface area contributed by atoms with Crippen LogP contribution in [0.1, 0.15) is 61.5 Å². The molecule has 2 N–H and O–H groups in total. The van der Waals surface area contributed by atoms with E-state index in [9.17, 15) is 9.59 Å². The summed E-state index contributed by atoms with van der Waals surface area (Å²) in [6.45, 7) is 3.69. The molecule has 1 fully saturated rings. The number of carbonyl (C=O) groups excluding carboxylic acids is 1. The van der Waals surface area contributed by atoms with Crippen LogP contribution >= 0.6 is 0 Å². The van der Waals surface area contributed by atoms with E-state index in [2.05, 4.69) is 20.1 Å². The van der Waals surface area contributed by atoms with Crippen LogP contribution in [-0.2, 0) is 29.6 Å². The number of hydrogen-bond donors (Lipinski definition) is 1. The number of nitrogens with two attached hydrogens (primary N) is 1. The summed E-state index contributed by atoms with van der Waals surface area (Å²) in [5, 5.41) is 4.75. The van der Waals surface area contributed by atoms with Crippen LogP contribution in [0.3, 0.4) is 0 Å². The SMILES string of the molecule is CC(C)CC(=O)OCc1c(-c2nc(N)nc(Cc3cnn(C)c3)n2)cccc1-n1ccc2cc(C3CC3)cc(F)c2c1=O. The Kier molecular flexibility index (Phi) is 7.47. The minimum Gasteiger partial charge on any atom is -0.461 e. The van der Waals surface area contributed by atoms with E-state index in [0.29, 0.717) is 40.4 Å². The molecule has 0 spiro atoms. The lowest BCUT2D eigenvalue weighted by Gasteiger charge is -2.17. The Labute approximate surface area is 247 Å². The molecule has 3 aromatic heterocycles. The number of aromatic nitrogens is 6. The Hall–Kier alpha value is -4.93. The maximum absolute atomic E-state index is 15.4. The fraction of sp³-hybridized carbons (Fsp3) is 0.312. The first-order valence-electron chi connectivity index (χ1n) is 14.3. The van der Waals surface area contributed by atoms with Crippen LogP contribution in [0.5, 0.6) is 0 Å². The van der Waals surface area contributed by atoms with Crippen LogP contribution in [-0.4, -0.2) is 35.3 Å². The number of hydrogen-bond acceptors (Lipinski definition) is 8. The van der Waals surface area contributed by atoms with Crippen molar-refractivity contribution in [2.24, 2.45) is 13.0 Å². The van der Waals surface area contributed by atoms with Gasteiger partial charge in [-0.25, -0.2) is 9.37 Å². The van der Waals surface area contributed by atoms with Crippen molar-refractivity contribution in [2.45, 2.75) is 52.1 Å². The third kappa shape index (κ3) is 6.01. The van der Waals surface area contributed by atoms with Gasteiger partial charge in [-0.3, -0.25) is 18.8 Å². The number of ether oxygens (including phenoxy) is 1. The smallest absolute Gasteiger partial charge is 0.306 e. The van der Waals surface area contributed by atoms with E-state index >= 15 is 4.39 Å². The number of fused-ring (bicyclic) bond motifs is 1. The van der Waals surface area contributed by atoms with Crippen molar-refractivity contribution in [3.05, 3.63) is 93.7 Å². The van der Waals surface area contributed by atoms with Crippen molar-refractivity contribution in [3.63, 3.8) is 0 Å². The molecule has 1 aliphatic carbocycles. The minimum atomic E-state index is -0.551. The van der Waals surface area contributed by atoms with E-state index in [1.165, 1.54) is 10.6 Å². The number of anilines is 1. The van der Waals surface area contributed by atoms with Crippen LogP contribution in [0, 0.1) is 11.7 Å². The summed E-state index contributed by atoms with van der Waals surface area (Å²) < 4.78 is 24.1. The average molecular weight is 582 g/mol. The van der Waals surface area contributed by atoms with Gasteiger partial charge in [0.15, 0.2) is 5.82 Å². The van der Waals surface area contributed by atoms with Crippen molar-refractivity contribution in [3.8, 4) is 17.1 Å². The quantitative estimate of drug-likeness (QED) is 0.244. The van der Waals surface area contributed by atoms with Gasteiger partial charge in [0.2, 0.25) is 5.95 Å². The highest BCUT2D eigenvalue weighted by Crippen LogP contribution is 2.41.